The van der Waals surface area contributed by atoms with Crippen molar-refractivity contribution < 1.29 is 9.59 Å². The number of aromatic nitrogens is 1. The molecule has 1 fully saturated rings. The summed E-state index contributed by atoms with van der Waals surface area (Å²) in [4.78, 5) is 24.2. The maximum atomic E-state index is 11.7. The molecule has 1 aromatic heterocycles. The van der Waals surface area contributed by atoms with Crippen LogP contribution in [0.15, 0.2) is 18.3 Å². The summed E-state index contributed by atoms with van der Waals surface area (Å²) in [6.45, 7) is 0.258. The molecule has 2 rings (SSSR count). The lowest BCUT2D eigenvalue weighted by Crippen LogP contribution is -2.32. The molecule has 1 aliphatic carbocycles. The minimum Gasteiger partial charge on any atom is -0.341 e. The molecule has 0 saturated heterocycles. The molecule has 0 radical (unpaired) electrons. The van der Waals surface area contributed by atoms with Crippen molar-refractivity contribution in [3.05, 3.63) is 24.0 Å². The SMILES string of the molecule is CN(C(=O)Cn1cccc1C=O)C1CC1. The van der Waals surface area contributed by atoms with Crippen LogP contribution in [0.3, 0.4) is 0 Å². The Morgan fingerprint density at radius 2 is 2.40 bits per heavy atom. The number of likely N-dealkylation sites (N-methyl/N-ethyl adjacent to an activating group) is 1. The highest BCUT2D eigenvalue weighted by Crippen LogP contribution is 2.25. The number of hydrogen-bond donors (Lipinski definition) is 0. The first-order chi connectivity index (χ1) is 7.22. The topological polar surface area (TPSA) is 42.3 Å². The number of rotatable bonds is 4. The highest BCUT2D eigenvalue weighted by atomic mass is 16.2. The summed E-state index contributed by atoms with van der Waals surface area (Å²) in [6, 6.07) is 3.90. The number of carbonyl (C=O) groups is 2. The van der Waals surface area contributed by atoms with Crippen LogP contribution >= 0.6 is 0 Å². The molecule has 1 heterocycles. The summed E-state index contributed by atoms with van der Waals surface area (Å²) in [7, 11) is 1.82. The molecule has 0 atom stereocenters. The van der Waals surface area contributed by atoms with Crippen LogP contribution < -0.4 is 0 Å². The Kier molecular flexibility index (Phi) is 2.58. The predicted molar refractivity (Wildman–Crippen MR) is 55.6 cm³/mol. The quantitative estimate of drug-likeness (QED) is 0.687. The maximum absolute atomic E-state index is 11.7. The molecular formula is C11H14N2O2. The van der Waals surface area contributed by atoms with E-state index >= 15 is 0 Å². The Labute approximate surface area is 88.5 Å². The van der Waals surface area contributed by atoms with Crippen molar-refractivity contribution >= 4 is 12.2 Å². The van der Waals surface area contributed by atoms with Crippen molar-refractivity contribution in [2.45, 2.75) is 25.4 Å². The standard InChI is InChI=1S/C11H14N2O2/c1-12(9-4-5-9)11(15)7-13-6-2-3-10(13)8-14/h2-3,6,8-9H,4-5,7H2,1H3. The first kappa shape index (κ1) is 9.96. The summed E-state index contributed by atoms with van der Waals surface area (Å²) in [5, 5.41) is 0. The second kappa shape index (κ2) is 3.88. The summed E-state index contributed by atoms with van der Waals surface area (Å²) in [6.07, 6.45) is 4.73. The number of nitrogens with zero attached hydrogens (tertiary/aromatic N) is 2. The minimum atomic E-state index is 0.0665. The van der Waals surface area contributed by atoms with E-state index in [-0.39, 0.29) is 12.5 Å². The minimum absolute atomic E-state index is 0.0665. The molecule has 1 saturated carbocycles. The molecule has 0 aromatic carbocycles. The van der Waals surface area contributed by atoms with Gasteiger partial charge in [0.25, 0.3) is 0 Å². The van der Waals surface area contributed by atoms with Gasteiger partial charge in [-0.25, -0.2) is 0 Å². The van der Waals surface area contributed by atoms with Gasteiger partial charge in [-0.3, -0.25) is 9.59 Å². The highest BCUT2D eigenvalue weighted by Gasteiger charge is 2.29. The highest BCUT2D eigenvalue weighted by molar-refractivity contribution is 5.78. The van der Waals surface area contributed by atoms with Crippen LogP contribution in [0, 0.1) is 0 Å². The molecule has 1 aromatic rings. The molecule has 4 heteroatoms. The van der Waals surface area contributed by atoms with Crippen LogP contribution in [0.4, 0.5) is 0 Å². The van der Waals surface area contributed by atoms with Gasteiger partial charge in [0, 0.05) is 19.3 Å². The molecule has 0 N–H and O–H groups in total. The average Bonchev–Trinajstić information content (AvgIpc) is 2.99. The van der Waals surface area contributed by atoms with Gasteiger partial charge in [0.2, 0.25) is 5.91 Å². The van der Waals surface area contributed by atoms with Crippen molar-refractivity contribution in [3.8, 4) is 0 Å². The summed E-state index contributed by atoms with van der Waals surface area (Å²) in [5.74, 6) is 0.0665. The van der Waals surface area contributed by atoms with Crippen molar-refractivity contribution in [3.63, 3.8) is 0 Å². The van der Waals surface area contributed by atoms with Crippen molar-refractivity contribution in [2.24, 2.45) is 0 Å². The van der Waals surface area contributed by atoms with Gasteiger partial charge in [0.15, 0.2) is 6.29 Å². The van der Waals surface area contributed by atoms with E-state index in [1.54, 1.807) is 27.8 Å². The van der Waals surface area contributed by atoms with Crippen LogP contribution in [0.2, 0.25) is 0 Å². The van der Waals surface area contributed by atoms with Gasteiger partial charge in [0.05, 0.1) is 5.69 Å². The first-order valence-corrected chi connectivity index (χ1v) is 5.08. The fourth-order valence-corrected chi connectivity index (χ4v) is 1.60. The maximum Gasteiger partial charge on any atom is 0.242 e. The Morgan fingerprint density at radius 3 is 3.00 bits per heavy atom. The van der Waals surface area contributed by atoms with Crippen molar-refractivity contribution in [2.75, 3.05) is 7.05 Å². The molecule has 15 heavy (non-hydrogen) atoms. The van der Waals surface area contributed by atoms with Crippen LogP contribution in [-0.2, 0) is 11.3 Å². The van der Waals surface area contributed by atoms with E-state index < -0.39 is 0 Å². The lowest BCUT2D eigenvalue weighted by Gasteiger charge is -2.16. The second-order valence-electron chi connectivity index (χ2n) is 3.91. The fourth-order valence-electron chi connectivity index (χ4n) is 1.60. The monoisotopic (exact) mass is 206 g/mol. The zero-order chi connectivity index (χ0) is 10.8. The van der Waals surface area contributed by atoms with Gasteiger partial charge in [0.1, 0.15) is 6.54 Å². The van der Waals surface area contributed by atoms with Gasteiger partial charge in [-0.2, -0.15) is 0 Å². The predicted octanol–water partition coefficient (Wildman–Crippen LogP) is 0.921. The van der Waals surface area contributed by atoms with Gasteiger partial charge in [-0.15, -0.1) is 0 Å². The Morgan fingerprint density at radius 1 is 1.67 bits per heavy atom. The van der Waals surface area contributed by atoms with Gasteiger partial charge >= 0.3 is 0 Å². The Bertz CT molecular complexity index is 380. The number of aldehydes is 1. The van der Waals surface area contributed by atoms with Crippen LogP contribution in [0.1, 0.15) is 23.3 Å². The van der Waals surface area contributed by atoms with Crippen LogP contribution in [0.25, 0.3) is 0 Å². The second-order valence-corrected chi connectivity index (χ2v) is 3.91. The summed E-state index contributed by atoms with van der Waals surface area (Å²) in [5.41, 5.74) is 0.549. The molecule has 0 bridgehead atoms. The molecule has 0 unspecified atom stereocenters. The van der Waals surface area contributed by atoms with Crippen molar-refractivity contribution in [1.29, 1.82) is 0 Å². The molecule has 0 spiro atoms. The molecule has 0 aliphatic heterocycles. The number of hydrogen-bond acceptors (Lipinski definition) is 2. The average molecular weight is 206 g/mol. The van der Waals surface area contributed by atoms with E-state index in [1.807, 2.05) is 7.05 Å². The largest absolute Gasteiger partial charge is 0.341 e. The van der Waals surface area contributed by atoms with E-state index in [0.29, 0.717) is 11.7 Å². The van der Waals surface area contributed by atoms with Crippen LogP contribution in [-0.4, -0.2) is 34.7 Å². The third-order valence-electron chi connectivity index (χ3n) is 2.78. The Hall–Kier alpha value is -1.58. The van der Waals surface area contributed by atoms with E-state index in [0.717, 1.165) is 19.1 Å². The smallest absolute Gasteiger partial charge is 0.242 e. The summed E-state index contributed by atoms with van der Waals surface area (Å²) >= 11 is 0. The van der Waals surface area contributed by atoms with Crippen molar-refractivity contribution in [1.82, 2.24) is 9.47 Å². The third-order valence-corrected chi connectivity index (χ3v) is 2.78. The van der Waals surface area contributed by atoms with Gasteiger partial charge < -0.3 is 9.47 Å². The zero-order valence-corrected chi connectivity index (χ0v) is 8.72. The summed E-state index contributed by atoms with van der Waals surface area (Å²) < 4.78 is 1.67. The Balaban J connectivity index is 2.01. The molecule has 80 valence electrons. The molecule has 4 nitrogen and oxygen atoms in total. The van der Waals surface area contributed by atoms with E-state index in [2.05, 4.69) is 0 Å². The van der Waals surface area contributed by atoms with Gasteiger partial charge in [-0.1, -0.05) is 0 Å². The number of carbonyl (C=O) groups excluding carboxylic acids is 2. The van der Waals surface area contributed by atoms with E-state index in [9.17, 15) is 9.59 Å². The molecule has 1 amide bonds. The lowest BCUT2D eigenvalue weighted by molar-refractivity contribution is -0.131. The van der Waals surface area contributed by atoms with E-state index in [4.69, 9.17) is 0 Å². The molecule has 1 aliphatic rings. The third kappa shape index (κ3) is 2.09. The fraction of sp³-hybridized carbons (Fsp3) is 0.455. The van der Waals surface area contributed by atoms with E-state index in [1.165, 1.54) is 0 Å². The first-order valence-electron chi connectivity index (χ1n) is 5.08. The zero-order valence-electron chi connectivity index (χ0n) is 8.72. The normalized spacial score (nSPS) is 15.0. The lowest BCUT2D eigenvalue weighted by atomic mass is 10.4. The molecular weight excluding hydrogens is 192 g/mol. The van der Waals surface area contributed by atoms with Gasteiger partial charge in [-0.05, 0) is 25.0 Å². The van der Waals surface area contributed by atoms with Crippen LogP contribution in [0.5, 0.6) is 0 Å². The number of amides is 1.